The number of amides is 1. The second-order valence-electron chi connectivity index (χ2n) is 6.54. The monoisotopic (exact) mass is 270 g/mol. The number of carboxylic acid groups (broad SMARTS) is 1. The van der Waals surface area contributed by atoms with Crippen molar-refractivity contribution in [2.75, 3.05) is 13.1 Å². The minimum Gasteiger partial charge on any atom is -0.481 e. The fraction of sp³-hybridized carbons (Fsp3) is 0.857. The average Bonchev–Trinajstić information content (AvgIpc) is 2.34. The van der Waals surface area contributed by atoms with Crippen molar-refractivity contribution in [3.05, 3.63) is 0 Å². The molecule has 0 saturated carbocycles. The molecular formula is C14H26N2O3. The molecule has 1 aliphatic heterocycles. The van der Waals surface area contributed by atoms with E-state index in [1.807, 2.05) is 25.7 Å². The van der Waals surface area contributed by atoms with Gasteiger partial charge in [0.1, 0.15) is 0 Å². The van der Waals surface area contributed by atoms with Gasteiger partial charge in [0.15, 0.2) is 0 Å². The highest BCUT2D eigenvalue weighted by molar-refractivity contribution is 5.82. The number of carbonyl (C=O) groups is 2. The lowest BCUT2D eigenvalue weighted by Gasteiger charge is -2.36. The van der Waals surface area contributed by atoms with Crippen molar-refractivity contribution < 1.29 is 14.7 Å². The van der Waals surface area contributed by atoms with Gasteiger partial charge in [-0.1, -0.05) is 20.8 Å². The van der Waals surface area contributed by atoms with Gasteiger partial charge in [0.2, 0.25) is 5.91 Å². The molecule has 1 saturated heterocycles. The highest BCUT2D eigenvalue weighted by Gasteiger charge is 2.32. The van der Waals surface area contributed by atoms with Gasteiger partial charge in [0.05, 0.1) is 6.04 Å². The minimum atomic E-state index is -0.742. The van der Waals surface area contributed by atoms with Crippen LogP contribution in [0, 0.1) is 11.3 Å². The molecule has 1 fully saturated rings. The van der Waals surface area contributed by atoms with Crippen LogP contribution in [-0.2, 0) is 9.59 Å². The number of likely N-dealkylation sites (tertiary alicyclic amines) is 1. The van der Waals surface area contributed by atoms with E-state index >= 15 is 0 Å². The zero-order chi connectivity index (χ0) is 14.6. The molecule has 0 aliphatic carbocycles. The van der Waals surface area contributed by atoms with Crippen LogP contribution < -0.4 is 5.73 Å². The van der Waals surface area contributed by atoms with Crippen molar-refractivity contribution in [3.8, 4) is 0 Å². The Balaban J connectivity index is 2.41. The summed E-state index contributed by atoms with van der Waals surface area (Å²) in [5.41, 5.74) is 5.76. The molecule has 0 aromatic carbocycles. The molecule has 0 aromatic rings. The van der Waals surface area contributed by atoms with E-state index in [-0.39, 0.29) is 17.7 Å². The maximum Gasteiger partial charge on any atom is 0.303 e. The first kappa shape index (κ1) is 16.0. The van der Waals surface area contributed by atoms with E-state index in [0.29, 0.717) is 25.4 Å². The topological polar surface area (TPSA) is 83.6 Å². The number of aliphatic carboxylic acids is 1. The molecule has 0 spiro atoms. The molecule has 110 valence electrons. The summed E-state index contributed by atoms with van der Waals surface area (Å²) in [4.78, 5) is 24.6. The predicted molar refractivity (Wildman–Crippen MR) is 73.6 cm³/mol. The fourth-order valence-electron chi connectivity index (χ4n) is 2.34. The van der Waals surface area contributed by atoms with Crippen LogP contribution in [0.25, 0.3) is 0 Å². The molecule has 1 atom stereocenters. The van der Waals surface area contributed by atoms with Gasteiger partial charge in [-0.05, 0) is 30.6 Å². The van der Waals surface area contributed by atoms with E-state index in [1.54, 1.807) is 0 Å². The molecule has 1 amide bonds. The van der Waals surface area contributed by atoms with Crippen LogP contribution in [0.4, 0.5) is 0 Å². The second kappa shape index (κ2) is 6.37. The molecule has 5 heteroatoms. The Morgan fingerprint density at radius 3 is 2.26 bits per heavy atom. The van der Waals surface area contributed by atoms with E-state index < -0.39 is 12.0 Å². The van der Waals surface area contributed by atoms with Crippen LogP contribution in [-0.4, -0.2) is 41.0 Å². The Kier molecular flexibility index (Phi) is 5.35. The highest BCUT2D eigenvalue weighted by Crippen LogP contribution is 2.25. The van der Waals surface area contributed by atoms with Gasteiger partial charge in [-0.3, -0.25) is 9.59 Å². The minimum absolute atomic E-state index is 0.0178. The van der Waals surface area contributed by atoms with Gasteiger partial charge >= 0.3 is 5.97 Å². The molecule has 1 unspecified atom stereocenters. The number of rotatable bonds is 4. The van der Waals surface area contributed by atoms with Crippen molar-refractivity contribution in [1.82, 2.24) is 4.90 Å². The van der Waals surface area contributed by atoms with Crippen molar-refractivity contribution in [2.45, 2.75) is 52.5 Å². The van der Waals surface area contributed by atoms with Gasteiger partial charge in [-0.2, -0.15) is 0 Å². The lowest BCUT2D eigenvalue weighted by atomic mass is 9.85. The average molecular weight is 270 g/mol. The number of hydrogen-bond acceptors (Lipinski definition) is 3. The number of nitrogens with two attached hydrogens (primary N) is 1. The summed E-state index contributed by atoms with van der Waals surface area (Å²) in [7, 11) is 0. The maximum atomic E-state index is 12.2. The highest BCUT2D eigenvalue weighted by atomic mass is 16.4. The molecule has 3 N–H and O–H groups in total. The van der Waals surface area contributed by atoms with Crippen molar-refractivity contribution in [3.63, 3.8) is 0 Å². The van der Waals surface area contributed by atoms with Gasteiger partial charge in [-0.25, -0.2) is 0 Å². The summed E-state index contributed by atoms with van der Waals surface area (Å²) in [6.07, 6.45) is 2.70. The number of nitrogens with zero attached hydrogens (tertiary/aromatic N) is 1. The molecule has 1 rings (SSSR count). The third-order valence-corrected chi connectivity index (χ3v) is 3.89. The van der Waals surface area contributed by atoms with Crippen molar-refractivity contribution >= 4 is 11.9 Å². The Morgan fingerprint density at radius 2 is 1.84 bits per heavy atom. The zero-order valence-corrected chi connectivity index (χ0v) is 12.2. The quantitative estimate of drug-likeness (QED) is 0.810. The second-order valence-corrected chi connectivity index (χ2v) is 6.54. The Bertz CT molecular complexity index is 328. The predicted octanol–water partition coefficient (Wildman–Crippen LogP) is 1.46. The van der Waals surface area contributed by atoms with E-state index in [0.717, 1.165) is 12.8 Å². The summed E-state index contributed by atoms with van der Waals surface area (Å²) < 4.78 is 0. The van der Waals surface area contributed by atoms with Crippen LogP contribution in [0.2, 0.25) is 0 Å². The molecule has 5 nitrogen and oxygen atoms in total. The van der Waals surface area contributed by atoms with Gasteiger partial charge in [-0.15, -0.1) is 0 Å². The number of carbonyl (C=O) groups excluding carboxylic acids is 1. The summed E-state index contributed by atoms with van der Waals surface area (Å²) in [6, 6.07) is -0.469. The number of hydrogen-bond donors (Lipinski definition) is 2. The third kappa shape index (κ3) is 4.82. The zero-order valence-electron chi connectivity index (χ0n) is 12.2. The first-order valence-corrected chi connectivity index (χ1v) is 6.98. The van der Waals surface area contributed by atoms with Gasteiger partial charge < -0.3 is 15.7 Å². The van der Waals surface area contributed by atoms with Crippen LogP contribution in [0.3, 0.4) is 0 Å². The molecule has 1 heterocycles. The fourth-order valence-corrected chi connectivity index (χ4v) is 2.34. The lowest BCUT2D eigenvalue weighted by Crippen LogP contribution is -2.52. The standard InChI is InChI=1S/C14H26N2O3/c1-14(2,3)12(15)13(19)16-8-6-10(7-9-16)4-5-11(17)18/h10,12H,4-9,15H2,1-3H3,(H,17,18). The first-order valence-electron chi connectivity index (χ1n) is 6.98. The van der Waals surface area contributed by atoms with E-state index in [4.69, 9.17) is 10.8 Å². The molecular weight excluding hydrogens is 244 g/mol. The summed E-state index contributed by atoms with van der Waals surface area (Å²) in [5, 5.41) is 8.67. The van der Waals surface area contributed by atoms with Crippen LogP contribution >= 0.6 is 0 Å². The number of piperidine rings is 1. The SMILES string of the molecule is CC(C)(C)C(N)C(=O)N1CCC(CCC(=O)O)CC1. The van der Waals surface area contributed by atoms with Crippen LogP contribution in [0.1, 0.15) is 46.5 Å². The van der Waals surface area contributed by atoms with E-state index in [2.05, 4.69) is 0 Å². The summed E-state index contributed by atoms with van der Waals surface area (Å²) in [6.45, 7) is 7.30. The summed E-state index contributed by atoms with van der Waals surface area (Å²) >= 11 is 0. The lowest BCUT2D eigenvalue weighted by molar-refractivity contribution is -0.139. The van der Waals surface area contributed by atoms with E-state index in [1.165, 1.54) is 0 Å². The Hall–Kier alpha value is -1.10. The van der Waals surface area contributed by atoms with Gasteiger partial charge in [0.25, 0.3) is 0 Å². The molecule has 0 aromatic heterocycles. The van der Waals surface area contributed by atoms with Crippen LogP contribution in [0.15, 0.2) is 0 Å². The Labute approximate surface area is 115 Å². The molecule has 1 aliphatic rings. The molecule has 19 heavy (non-hydrogen) atoms. The normalized spacial score (nSPS) is 19.3. The molecule has 0 bridgehead atoms. The largest absolute Gasteiger partial charge is 0.481 e. The van der Waals surface area contributed by atoms with Gasteiger partial charge in [0, 0.05) is 19.5 Å². The molecule has 0 radical (unpaired) electrons. The van der Waals surface area contributed by atoms with Crippen molar-refractivity contribution in [1.29, 1.82) is 0 Å². The van der Waals surface area contributed by atoms with Crippen LogP contribution in [0.5, 0.6) is 0 Å². The smallest absolute Gasteiger partial charge is 0.303 e. The van der Waals surface area contributed by atoms with Crippen molar-refractivity contribution in [2.24, 2.45) is 17.1 Å². The first-order chi connectivity index (χ1) is 8.71. The van der Waals surface area contributed by atoms with E-state index in [9.17, 15) is 9.59 Å². The Morgan fingerprint density at radius 1 is 1.32 bits per heavy atom. The maximum absolute atomic E-state index is 12.2. The summed E-state index contributed by atoms with van der Waals surface area (Å²) in [5.74, 6) is -0.302. The third-order valence-electron chi connectivity index (χ3n) is 3.89. The number of carboxylic acids is 1.